The maximum absolute atomic E-state index is 12.4. The van der Waals surface area contributed by atoms with E-state index in [1.807, 2.05) is 30.5 Å². The molecule has 3 N–H and O–H groups in total. The van der Waals surface area contributed by atoms with Gasteiger partial charge in [-0.1, -0.05) is 17.3 Å². The fraction of sp³-hybridized carbons (Fsp3) is 0.143. The highest BCUT2D eigenvalue weighted by Crippen LogP contribution is 2.15. The summed E-state index contributed by atoms with van der Waals surface area (Å²) < 4.78 is 5.68. The molecule has 0 aliphatic rings. The molecule has 0 spiro atoms. The summed E-state index contributed by atoms with van der Waals surface area (Å²) >= 11 is 1.65. The molecule has 0 aliphatic carbocycles. The Morgan fingerprint density at radius 1 is 1.36 bits per heavy atom. The van der Waals surface area contributed by atoms with E-state index in [0.717, 1.165) is 15.1 Å². The van der Waals surface area contributed by atoms with E-state index >= 15 is 0 Å². The van der Waals surface area contributed by atoms with Crippen molar-refractivity contribution in [1.82, 2.24) is 30.7 Å². The molecule has 0 aliphatic heterocycles. The van der Waals surface area contributed by atoms with Crippen molar-refractivity contribution >= 4 is 29.7 Å². The van der Waals surface area contributed by atoms with Crippen LogP contribution in [0.3, 0.4) is 0 Å². The molecule has 10 nitrogen and oxygen atoms in total. The summed E-state index contributed by atoms with van der Waals surface area (Å²) in [7, 11) is 0. The van der Waals surface area contributed by atoms with Gasteiger partial charge in [0.2, 0.25) is 11.6 Å². The number of benzene rings is 1. The van der Waals surface area contributed by atoms with Crippen LogP contribution in [0.1, 0.15) is 21.7 Å². The Balaban J connectivity index is 1.76. The maximum Gasteiger partial charge on any atom is 0.292 e. The van der Waals surface area contributed by atoms with Gasteiger partial charge in [-0.25, -0.2) is 10.1 Å². The molecule has 1 amide bonds. The SMILES string of the molecule is CSc1ccc(/C=N/NC(=O)c2c(C)nnn2-c2nonc2N)cc1. The summed E-state index contributed by atoms with van der Waals surface area (Å²) in [4.78, 5) is 13.5. The smallest absolute Gasteiger partial charge is 0.292 e. The van der Waals surface area contributed by atoms with E-state index in [-0.39, 0.29) is 17.3 Å². The van der Waals surface area contributed by atoms with Gasteiger partial charge in [-0.05, 0) is 41.2 Å². The van der Waals surface area contributed by atoms with E-state index in [4.69, 9.17) is 5.73 Å². The summed E-state index contributed by atoms with van der Waals surface area (Å²) in [5, 5.41) is 18.7. The first-order valence-electron chi connectivity index (χ1n) is 7.08. The van der Waals surface area contributed by atoms with Crippen LogP contribution in [0, 0.1) is 6.92 Å². The van der Waals surface area contributed by atoms with Crippen molar-refractivity contribution in [2.24, 2.45) is 5.10 Å². The van der Waals surface area contributed by atoms with E-state index in [2.05, 4.69) is 35.8 Å². The molecular formula is C14H14N8O2S. The molecule has 3 aromatic rings. The lowest BCUT2D eigenvalue weighted by Gasteiger charge is -2.02. The highest BCUT2D eigenvalue weighted by atomic mass is 32.2. The average Bonchev–Trinajstić information content (AvgIpc) is 3.20. The lowest BCUT2D eigenvalue weighted by atomic mass is 10.2. The molecule has 11 heteroatoms. The molecule has 0 bridgehead atoms. The fourth-order valence-corrected chi connectivity index (χ4v) is 2.42. The van der Waals surface area contributed by atoms with Gasteiger partial charge in [0.15, 0.2) is 5.69 Å². The second-order valence-electron chi connectivity index (χ2n) is 4.88. The van der Waals surface area contributed by atoms with Crippen LogP contribution in [0.25, 0.3) is 5.82 Å². The van der Waals surface area contributed by atoms with Gasteiger partial charge in [0.25, 0.3) is 5.91 Å². The molecule has 1 aromatic carbocycles. The summed E-state index contributed by atoms with van der Waals surface area (Å²) in [6.45, 7) is 1.63. The number of hydrogen-bond donors (Lipinski definition) is 2. The van der Waals surface area contributed by atoms with Gasteiger partial charge in [-0.2, -0.15) is 9.78 Å². The van der Waals surface area contributed by atoms with Gasteiger partial charge in [0.1, 0.15) is 0 Å². The number of aryl methyl sites for hydroxylation is 1. The van der Waals surface area contributed by atoms with Gasteiger partial charge in [0.05, 0.1) is 11.9 Å². The zero-order valence-corrected chi connectivity index (χ0v) is 14.2. The molecular weight excluding hydrogens is 344 g/mol. The number of carbonyl (C=O) groups excluding carboxylic acids is 1. The summed E-state index contributed by atoms with van der Waals surface area (Å²) in [5.74, 6) is -0.430. The van der Waals surface area contributed by atoms with Gasteiger partial charge in [-0.15, -0.1) is 16.9 Å². The first-order chi connectivity index (χ1) is 12.1. The Bertz CT molecular complexity index is 915. The number of thioether (sulfide) groups is 1. The summed E-state index contributed by atoms with van der Waals surface area (Å²) in [6.07, 6.45) is 3.54. The molecule has 0 fully saturated rings. The van der Waals surface area contributed by atoms with E-state index < -0.39 is 5.91 Å². The highest BCUT2D eigenvalue weighted by molar-refractivity contribution is 7.98. The Morgan fingerprint density at radius 2 is 2.12 bits per heavy atom. The third-order valence-corrected chi connectivity index (χ3v) is 3.99. The highest BCUT2D eigenvalue weighted by Gasteiger charge is 2.22. The van der Waals surface area contributed by atoms with Crippen molar-refractivity contribution in [3.8, 4) is 5.82 Å². The van der Waals surface area contributed by atoms with Crippen LogP contribution in [0.15, 0.2) is 38.9 Å². The van der Waals surface area contributed by atoms with Crippen molar-refractivity contribution in [1.29, 1.82) is 0 Å². The van der Waals surface area contributed by atoms with Crippen LogP contribution < -0.4 is 11.2 Å². The minimum Gasteiger partial charge on any atom is -0.378 e. The second-order valence-corrected chi connectivity index (χ2v) is 5.76. The van der Waals surface area contributed by atoms with Crippen molar-refractivity contribution in [3.63, 3.8) is 0 Å². The van der Waals surface area contributed by atoms with E-state index in [1.54, 1.807) is 18.7 Å². The summed E-state index contributed by atoms with van der Waals surface area (Å²) in [6, 6.07) is 7.75. The third-order valence-electron chi connectivity index (χ3n) is 3.25. The largest absolute Gasteiger partial charge is 0.378 e. The topological polar surface area (TPSA) is 137 Å². The first-order valence-corrected chi connectivity index (χ1v) is 8.30. The van der Waals surface area contributed by atoms with Crippen LogP contribution in [0.5, 0.6) is 0 Å². The van der Waals surface area contributed by atoms with Crippen LogP contribution in [-0.4, -0.2) is 43.7 Å². The first kappa shape index (κ1) is 16.6. The summed E-state index contributed by atoms with van der Waals surface area (Å²) in [5.41, 5.74) is 9.44. The molecule has 0 unspecified atom stereocenters. The molecule has 2 aromatic heterocycles. The fourth-order valence-electron chi connectivity index (χ4n) is 2.01. The predicted molar refractivity (Wildman–Crippen MR) is 91.6 cm³/mol. The Morgan fingerprint density at radius 3 is 2.76 bits per heavy atom. The number of nitrogens with zero attached hydrogens (tertiary/aromatic N) is 6. The van der Waals surface area contributed by atoms with Crippen molar-refractivity contribution in [2.75, 3.05) is 12.0 Å². The number of hydrazone groups is 1. The lowest BCUT2D eigenvalue weighted by molar-refractivity contribution is 0.0946. The number of nitrogens with one attached hydrogen (secondary N) is 1. The number of carbonyl (C=O) groups is 1. The Kier molecular flexibility index (Phi) is 4.75. The van der Waals surface area contributed by atoms with Crippen LogP contribution in [-0.2, 0) is 0 Å². The van der Waals surface area contributed by atoms with E-state index in [9.17, 15) is 4.79 Å². The molecule has 0 saturated carbocycles. The average molecular weight is 358 g/mol. The van der Waals surface area contributed by atoms with Crippen LogP contribution in [0.4, 0.5) is 5.82 Å². The maximum atomic E-state index is 12.4. The minimum atomic E-state index is -0.512. The number of nitrogens with two attached hydrogens (primary N) is 1. The standard InChI is InChI=1S/C14H14N8O2S/c1-8-11(22(21-17-8)13-12(15)19-24-20-13)14(23)18-16-7-9-3-5-10(25-2)6-4-9/h3-7H,1-2H3,(H2,15,19)(H,18,23)/b16-7+. The van der Waals surface area contributed by atoms with Crippen LogP contribution in [0.2, 0.25) is 0 Å². The second kappa shape index (κ2) is 7.13. The molecule has 2 heterocycles. The van der Waals surface area contributed by atoms with Gasteiger partial charge in [0, 0.05) is 4.90 Å². The quantitative estimate of drug-likeness (QED) is 0.392. The molecule has 25 heavy (non-hydrogen) atoms. The normalized spacial score (nSPS) is 11.1. The third kappa shape index (κ3) is 3.50. The van der Waals surface area contributed by atoms with E-state index in [0.29, 0.717) is 5.69 Å². The zero-order chi connectivity index (χ0) is 17.8. The Labute approximate surface area is 146 Å². The van der Waals surface area contributed by atoms with Crippen molar-refractivity contribution in [3.05, 3.63) is 41.2 Å². The molecule has 0 radical (unpaired) electrons. The minimum absolute atomic E-state index is 0.00339. The Hall–Kier alpha value is -3.21. The number of nitrogen functional groups attached to an aromatic ring is 1. The van der Waals surface area contributed by atoms with Crippen molar-refractivity contribution < 1.29 is 9.42 Å². The van der Waals surface area contributed by atoms with Gasteiger partial charge >= 0.3 is 0 Å². The lowest BCUT2D eigenvalue weighted by Crippen LogP contribution is -2.22. The number of anilines is 1. The molecule has 128 valence electrons. The number of amides is 1. The van der Waals surface area contributed by atoms with E-state index in [1.165, 1.54) is 6.21 Å². The molecule has 0 atom stereocenters. The molecule has 3 rings (SSSR count). The number of hydrogen-bond acceptors (Lipinski definition) is 9. The molecule has 0 saturated heterocycles. The number of rotatable bonds is 5. The number of aromatic nitrogens is 5. The van der Waals surface area contributed by atoms with Crippen LogP contribution >= 0.6 is 11.8 Å². The van der Waals surface area contributed by atoms with Crippen molar-refractivity contribution in [2.45, 2.75) is 11.8 Å². The van der Waals surface area contributed by atoms with Gasteiger partial charge in [-0.3, -0.25) is 4.79 Å². The predicted octanol–water partition coefficient (Wildman–Crippen LogP) is 1.03. The van der Waals surface area contributed by atoms with Gasteiger partial charge < -0.3 is 5.73 Å². The zero-order valence-electron chi connectivity index (χ0n) is 13.4. The monoisotopic (exact) mass is 358 g/mol.